The molecule has 1 unspecified atom stereocenters. The fraction of sp³-hybridized carbons (Fsp3) is 0.143. The summed E-state index contributed by atoms with van der Waals surface area (Å²) in [5.74, 6) is 0. The SMILES string of the molecule is O=C1N=C2C(Br)=C(Br)C(Br)=CC2N1Br.[CaH2]. The topological polar surface area (TPSA) is 32.7 Å². The zero-order valence-electron chi connectivity index (χ0n) is 6.47. The average Bonchev–Trinajstić information content (AvgIpc) is 2.42. The van der Waals surface area contributed by atoms with E-state index in [2.05, 4.69) is 68.9 Å². The van der Waals surface area contributed by atoms with E-state index >= 15 is 0 Å². The molecule has 0 N–H and O–H groups in total. The van der Waals surface area contributed by atoms with Crippen molar-refractivity contribution in [3.05, 3.63) is 19.5 Å². The van der Waals surface area contributed by atoms with Crippen LogP contribution in [0.15, 0.2) is 24.5 Å². The van der Waals surface area contributed by atoms with Gasteiger partial charge in [0.1, 0.15) is 6.04 Å². The molecule has 2 aliphatic rings. The summed E-state index contributed by atoms with van der Waals surface area (Å²) in [5, 5.41) is 0. The maximum atomic E-state index is 11.3. The van der Waals surface area contributed by atoms with Gasteiger partial charge in [-0.1, -0.05) is 0 Å². The molecule has 0 saturated carbocycles. The Morgan fingerprint density at radius 2 is 1.87 bits per heavy atom. The van der Waals surface area contributed by atoms with E-state index in [0.29, 0.717) is 5.71 Å². The molecule has 0 radical (unpaired) electrons. The molecular weight excluding hydrogens is 488 g/mol. The van der Waals surface area contributed by atoms with Gasteiger partial charge in [0, 0.05) is 8.96 Å². The number of rotatable bonds is 0. The average molecular weight is 492 g/mol. The molecule has 1 heterocycles. The van der Waals surface area contributed by atoms with E-state index in [0.717, 1.165) is 13.4 Å². The fourth-order valence-electron chi connectivity index (χ4n) is 1.20. The molecule has 0 fully saturated rings. The van der Waals surface area contributed by atoms with Gasteiger partial charge in [-0.25, -0.2) is 8.72 Å². The second kappa shape index (κ2) is 5.63. The van der Waals surface area contributed by atoms with E-state index in [1.54, 1.807) is 0 Å². The van der Waals surface area contributed by atoms with Gasteiger partial charge in [0.15, 0.2) is 0 Å². The van der Waals surface area contributed by atoms with Gasteiger partial charge in [0.05, 0.1) is 26.3 Å². The summed E-state index contributed by atoms with van der Waals surface area (Å²) in [6.07, 6.45) is 1.90. The van der Waals surface area contributed by atoms with Crippen LogP contribution in [0.3, 0.4) is 0 Å². The van der Waals surface area contributed by atoms with E-state index in [4.69, 9.17) is 0 Å². The summed E-state index contributed by atoms with van der Waals surface area (Å²) in [5.41, 5.74) is 0.710. The Bertz CT molecular complexity index is 417. The van der Waals surface area contributed by atoms with Gasteiger partial charge in [0.25, 0.3) is 0 Å². The maximum absolute atomic E-state index is 11.3. The minimum atomic E-state index is -0.291. The molecule has 3 nitrogen and oxygen atoms in total. The van der Waals surface area contributed by atoms with E-state index in [9.17, 15) is 4.79 Å². The molecule has 1 aliphatic carbocycles. The Morgan fingerprint density at radius 1 is 1.27 bits per heavy atom. The van der Waals surface area contributed by atoms with Crippen molar-refractivity contribution in [1.29, 1.82) is 0 Å². The standard InChI is InChI=1S/C7H2Br4N2O.Ca.2H/c8-2-1-3-6(5(10)4(2)9)12-7(14)13(3)11;;;/h1,3H;;;. The van der Waals surface area contributed by atoms with E-state index in [-0.39, 0.29) is 49.8 Å². The van der Waals surface area contributed by atoms with E-state index in [1.165, 1.54) is 3.93 Å². The second-order valence-corrected chi connectivity index (χ2v) is 5.88. The molecule has 0 bridgehead atoms. The predicted molar refractivity (Wildman–Crippen MR) is 77.8 cm³/mol. The van der Waals surface area contributed by atoms with Crippen molar-refractivity contribution in [3.8, 4) is 0 Å². The van der Waals surface area contributed by atoms with Crippen molar-refractivity contribution in [3.63, 3.8) is 0 Å². The monoisotopic (exact) mass is 488 g/mol. The van der Waals surface area contributed by atoms with E-state index in [1.807, 2.05) is 6.08 Å². The van der Waals surface area contributed by atoms with Crippen molar-refractivity contribution >= 4 is 113 Å². The van der Waals surface area contributed by atoms with Crippen LogP contribution in [0.4, 0.5) is 4.79 Å². The molecule has 0 aromatic heterocycles. The predicted octanol–water partition coefficient (Wildman–Crippen LogP) is 2.92. The van der Waals surface area contributed by atoms with Crippen LogP contribution in [0.2, 0.25) is 0 Å². The number of allylic oxidation sites excluding steroid dienone is 2. The van der Waals surface area contributed by atoms with E-state index < -0.39 is 0 Å². The summed E-state index contributed by atoms with van der Waals surface area (Å²) >= 11 is 13.3. The number of urea groups is 1. The van der Waals surface area contributed by atoms with Crippen LogP contribution in [0.5, 0.6) is 0 Å². The number of amides is 2. The van der Waals surface area contributed by atoms with Gasteiger partial charge in [-0.05, 0) is 53.9 Å². The number of carbonyl (C=O) groups is 1. The van der Waals surface area contributed by atoms with Crippen LogP contribution in [0.1, 0.15) is 0 Å². The summed E-state index contributed by atoms with van der Waals surface area (Å²) in [6, 6.07) is -0.437. The third-order valence-electron chi connectivity index (χ3n) is 1.85. The molecule has 1 aliphatic heterocycles. The third kappa shape index (κ3) is 2.63. The first-order valence-corrected chi connectivity index (χ1v) is 6.62. The Morgan fingerprint density at radius 3 is 2.47 bits per heavy atom. The molecule has 2 amide bonds. The van der Waals surface area contributed by atoms with Crippen molar-refractivity contribution in [2.24, 2.45) is 4.99 Å². The van der Waals surface area contributed by atoms with Crippen molar-refractivity contribution < 1.29 is 4.79 Å². The first kappa shape index (κ1) is 14.9. The molecule has 8 heteroatoms. The number of halogens is 4. The number of hydrogen-bond donors (Lipinski definition) is 0. The Balaban J connectivity index is 0.00000112. The zero-order valence-corrected chi connectivity index (χ0v) is 12.8. The van der Waals surface area contributed by atoms with Crippen LogP contribution in [0.25, 0.3) is 0 Å². The third-order valence-corrected chi connectivity index (χ3v) is 5.95. The van der Waals surface area contributed by atoms with Crippen molar-refractivity contribution in [2.45, 2.75) is 6.04 Å². The first-order chi connectivity index (χ1) is 6.52. The molecule has 15 heavy (non-hydrogen) atoms. The molecule has 78 valence electrons. The summed E-state index contributed by atoms with van der Waals surface area (Å²) in [6.45, 7) is 0. The van der Waals surface area contributed by atoms with Crippen LogP contribution < -0.4 is 0 Å². The number of hydrogen-bond acceptors (Lipinski definition) is 1. The van der Waals surface area contributed by atoms with Crippen LogP contribution in [-0.4, -0.2) is 59.4 Å². The quantitative estimate of drug-likeness (QED) is 0.379. The van der Waals surface area contributed by atoms with Crippen LogP contribution in [-0.2, 0) is 0 Å². The number of nitrogens with zero attached hydrogens (tertiary/aromatic N) is 2. The minimum absolute atomic E-state index is 0. The Hall–Kier alpha value is 1.80. The second-order valence-electron chi connectivity index (χ2n) is 2.68. The Kier molecular flexibility index (Phi) is 5.57. The van der Waals surface area contributed by atoms with Crippen molar-refractivity contribution in [2.75, 3.05) is 0 Å². The summed E-state index contributed by atoms with van der Waals surface area (Å²) < 4.78 is 3.97. The van der Waals surface area contributed by atoms with Crippen LogP contribution >= 0.6 is 63.9 Å². The molecule has 1 atom stereocenters. The molecule has 0 spiro atoms. The summed E-state index contributed by atoms with van der Waals surface area (Å²) in [7, 11) is 0. The number of carbonyl (C=O) groups excluding carboxylic acids is 1. The van der Waals surface area contributed by atoms with Gasteiger partial charge in [-0.15, -0.1) is 0 Å². The molecule has 0 saturated heterocycles. The Labute approximate surface area is 150 Å². The molecule has 0 aromatic rings. The normalized spacial score (nSPS) is 24.7. The van der Waals surface area contributed by atoms with Gasteiger partial charge in [-0.2, -0.15) is 4.99 Å². The summed E-state index contributed by atoms with van der Waals surface area (Å²) in [4.78, 5) is 15.2. The van der Waals surface area contributed by atoms with Crippen LogP contribution in [0, 0.1) is 0 Å². The number of aliphatic imine (C=N–C) groups is 1. The molecular formula is C7H4Br4CaN2O. The van der Waals surface area contributed by atoms with Gasteiger partial charge >= 0.3 is 43.8 Å². The zero-order chi connectivity index (χ0) is 10.5. The molecule has 2 rings (SSSR count). The van der Waals surface area contributed by atoms with Crippen molar-refractivity contribution in [1.82, 2.24) is 3.93 Å². The van der Waals surface area contributed by atoms with Gasteiger partial charge < -0.3 is 0 Å². The fourth-order valence-corrected chi connectivity index (χ4v) is 3.17. The van der Waals surface area contributed by atoms with Gasteiger partial charge in [0.2, 0.25) is 0 Å². The molecule has 0 aromatic carbocycles. The number of fused-ring (bicyclic) bond motifs is 1. The first-order valence-electron chi connectivity index (χ1n) is 3.53. The van der Waals surface area contributed by atoms with Gasteiger partial charge in [-0.3, -0.25) is 0 Å².